The minimum atomic E-state index is 0.114. The minimum Gasteiger partial charge on any atom is -0.494 e. The Hall–Kier alpha value is -2.86. The Morgan fingerprint density at radius 3 is 2.62 bits per heavy atom. The van der Waals surface area contributed by atoms with Gasteiger partial charge in [-0.3, -0.25) is 9.69 Å². The Morgan fingerprint density at radius 2 is 1.91 bits per heavy atom. The van der Waals surface area contributed by atoms with Crippen LogP contribution in [0.25, 0.3) is 6.08 Å². The molecule has 0 spiro atoms. The number of pyridine rings is 1. The van der Waals surface area contributed by atoms with Gasteiger partial charge in [-0.1, -0.05) is 18.2 Å². The van der Waals surface area contributed by atoms with Crippen LogP contribution >= 0.6 is 0 Å². The summed E-state index contributed by atoms with van der Waals surface area (Å²) >= 11 is 0. The molecule has 0 N–H and O–H groups in total. The molecule has 2 fully saturated rings. The summed E-state index contributed by atoms with van der Waals surface area (Å²) in [5.74, 6) is 2.59. The van der Waals surface area contributed by atoms with E-state index >= 15 is 0 Å². The van der Waals surface area contributed by atoms with Crippen LogP contribution in [-0.4, -0.2) is 73.1 Å². The molecule has 3 heterocycles. The Morgan fingerprint density at radius 1 is 1.09 bits per heavy atom. The van der Waals surface area contributed by atoms with Gasteiger partial charge in [-0.2, -0.15) is 0 Å². The number of rotatable bonds is 7. The summed E-state index contributed by atoms with van der Waals surface area (Å²) in [5, 5.41) is 0. The van der Waals surface area contributed by atoms with E-state index in [-0.39, 0.29) is 5.91 Å². The van der Waals surface area contributed by atoms with Crippen LogP contribution in [0.4, 0.5) is 5.82 Å². The van der Waals surface area contributed by atoms with Gasteiger partial charge in [0.1, 0.15) is 11.6 Å². The third-order valence-corrected chi connectivity index (χ3v) is 6.30. The van der Waals surface area contributed by atoms with Crippen LogP contribution in [0, 0.1) is 5.92 Å². The number of hydrogen-bond donors (Lipinski definition) is 0. The maximum Gasteiger partial charge on any atom is 0.246 e. The van der Waals surface area contributed by atoms with E-state index < -0.39 is 0 Å². The molecule has 2 aliphatic rings. The average molecular weight is 435 g/mol. The van der Waals surface area contributed by atoms with Crippen LogP contribution in [0.2, 0.25) is 0 Å². The molecule has 0 aliphatic carbocycles. The van der Waals surface area contributed by atoms with Gasteiger partial charge in [-0.05, 0) is 61.6 Å². The third kappa shape index (κ3) is 6.10. The van der Waals surface area contributed by atoms with Gasteiger partial charge in [-0.15, -0.1) is 0 Å². The van der Waals surface area contributed by atoms with Gasteiger partial charge in [0.25, 0.3) is 0 Å². The van der Waals surface area contributed by atoms with Crippen molar-refractivity contribution >= 4 is 17.8 Å². The quantitative estimate of drug-likeness (QED) is 0.624. The molecule has 32 heavy (non-hydrogen) atoms. The van der Waals surface area contributed by atoms with Crippen molar-refractivity contribution < 1.29 is 9.53 Å². The molecule has 1 atom stereocenters. The van der Waals surface area contributed by atoms with Gasteiger partial charge >= 0.3 is 0 Å². The van der Waals surface area contributed by atoms with Crippen molar-refractivity contribution in [2.75, 3.05) is 57.3 Å². The van der Waals surface area contributed by atoms with E-state index in [0.717, 1.165) is 69.4 Å². The highest BCUT2D eigenvalue weighted by Gasteiger charge is 2.26. The molecule has 2 aromatic rings. The largest absolute Gasteiger partial charge is 0.494 e. The summed E-state index contributed by atoms with van der Waals surface area (Å²) in [6, 6.07) is 13.9. The zero-order valence-electron chi connectivity index (χ0n) is 19.0. The number of piperidine rings is 1. The molecule has 1 aromatic heterocycles. The molecule has 0 saturated carbocycles. The second-order valence-corrected chi connectivity index (χ2v) is 8.60. The molecular weight excluding hydrogens is 400 g/mol. The van der Waals surface area contributed by atoms with E-state index in [9.17, 15) is 4.79 Å². The van der Waals surface area contributed by atoms with E-state index in [1.807, 2.05) is 60.5 Å². The normalized spacial score (nSPS) is 20.0. The van der Waals surface area contributed by atoms with Crippen molar-refractivity contribution in [3.63, 3.8) is 0 Å². The lowest BCUT2D eigenvalue weighted by atomic mass is 9.97. The second kappa shape index (κ2) is 11.1. The molecule has 1 unspecified atom stereocenters. The monoisotopic (exact) mass is 434 g/mol. The second-order valence-electron chi connectivity index (χ2n) is 8.60. The number of carbonyl (C=O) groups is 1. The molecule has 2 aliphatic heterocycles. The van der Waals surface area contributed by atoms with Crippen LogP contribution in [0.15, 0.2) is 54.7 Å². The first kappa shape index (κ1) is 22.3. The van der Waals surface area contributed by atoms with Gasteiger partial charge in [-0.25, -0.2) is 4.98 Å². The fraction of sp³-hybridized carbons (Fsp3) is 0.462. The maximum absolute atomic E-state index is 12.8. The van der Waals surface area contributed by atoms with Crippen molar-refractivity contribution in [2.45, 2.75) is 19.8 Å². The van der Waals surface area contributed by atoms with Crippen molar-refractivity contribution in [2.24, 2.45) is 5.92 Å². The molecule has 170 valence electrons. The summed E-state index contributed by atoms with van der Waals surface area (Å²) in [6.45, 7) is 9.54. The number of benzene rings is 1. The standard InChI is InChI=1S/C26H34N4O2/c1-2-32-24-11-8-22(9-12-24)10-13-26(31)30-15-5-6-23(21-30)20-28-16-18-29(19-17-28)25-7-3-4-14-27-25/h3-4,7-14,23H,2,5-6,15-21H2,1H3/b13-10+. The smallest absolute Gasteiger partial charge is 0.246 e. The molecule has 1 amide bonds. The molecule has 2 saturated heterocycles. The summed E-state index contributed by atoms with van der Waals surface area (Å²) < 4.78 is 5.48. The number of nitrogens with zero attached hydrogens (tertiary/aromatic N) is 4. The average Bonchev–Trinajstić information content (AvgIpc) is 2.85. The zero-order chi connectivity index (χ0) is 22.2. The number of anilines is 1. The van der Waals surface area contributed by atoms with Gasteiger partial charge in [0.2, 0.25) is 5.91 Å². The van der Waals surface area contributed by atoms with E-state index in [2.05, 4.69) is 20.9 Å². The number of ether oxygens (including phenoxy) is 1. The van der Waals surface area contributed by atoms with Crippen molar-refractivity contribution in [1.29, 1.82) is 0 Å². The van der Waals surface area contributed by atoms with Crippen LogP contribution in [0.1, 0.15) is 25.3 Å². The molecule has 4 rings (SSSR count). The summed E-state index contributed by atoms with van der Waals surface area (Å²) in [5.41, 5.74) is 1.01. The van der Waals surface area contributed by atoms with E-state index in [1.165, 1.54) is 6.42 Å². The van der Waals surface area contributed by atoms with E-state index in [0.29, 0.717) is 12.5 Å². The van der Waals surface area contributed by atoms with Crippen LogP contribution in [-0.2, 0) is 4.79 Å². The van der Waals surface area contributed by atoms with E-state index in [1.54, 1.807) is 6.08 Å². The SMILES string of the molecule is CCOc1ccc(/C=C/C(=O)N2CCCC(CN3CCN(c4ccccn4)CC3)C2)cc1. The number of likely N-dealkylation sites (tertiary alicyclic amines) is 1. The first-order valence-corrected chi connectivity index (χ1v) is 11.8. The Bertz CT molecular complexity index is 876. The fourth-order valence-electron chi connectivity index (χ4n) is 4.59. The molecule has 0 radical (unpaired) electrons. The Labute approximate surface area is 191 Å². The predicted octanol–water partition coefficient (Wildman–Crippen LogP) is 3.55. The number of piperazine rings is 1. The first-order valence-electron chi connectivity index (χ1n) is 11.8. The zero-order valence-corrected chi connectivity index (χ0v) is 19.0. The van der Waals surface area contributed by atoms with Crippen molar-refractivity contribution in [3.8, 4) is 5.75 Å². The fourth-order valence-corrected chi connectivity index (χ4v) is 4.59. The highest BCUT2D eigenvalue weighted by atomic mass is 16.5. The number of hydrogen-bond acceptors (Lipinski definition) is 5. The Kier molecular flexibility index (Phi) is 7.77. The third-order valence-electron chi connectivity index (χ3n) is 6.30. The van der Waals surface area contributed by atoms with Crippen LogP contribution in [0.5, 0.6) is 5.75 Å². The molecular formula is C26H34N4O2. The van der Waals surface area contributed by atoms with Gasteiger partial charge in [0.15, 0.2) is 0 Å². The van der Waals surface area contributed by atoms with Gasteiger partial charge < -0.3 is 14.5 Å². The minimum absolute atomic E-state index is 0.114. The number of amides is 1. The lowest BCUT2D eigenvalue weighted by Gasteiger charge is -2.39. The van der Waals surface area contributed by atoms with Crippen LogP contribution in [0.3, 0.4) is 0 Å². The van der Waals surface area contributed by atoms with E-state index in [4.69, 9.17) is 4.74 Å². The number of carbonyl (C=O) groups excluding carboxylic acids is 1. The Balaban J connectivity index is 1.24. The maximum atomic E-state index is 12.8. The van der Waals surface area contributed by atoms with Crippen LogP contribution < -0.4 is 9.64 Å². The van der Waals surface area contributed by atoms with Gasteiger partial charge in [0.05, 0.1) is 6.61 Å². The summed E-state index contributed by atoms with van der Waals surface area (Å²) in [7, 11) is 0. The predicted molar refractivity (Wildman–Crippen MR) is 129 cm³/mol. The molecule has 0 bridgehead atoms. The molecule has 6 nitrogen and oxygen atoms in total. The summed E-state index contributed by atoms with van der Waals surface area (Å²) in [6.07, 6.45) is 7.76. The lowest BCUT2D eigenvalue weighted by Crippen LogP contribution is -2.50. The topological polar surface area (TPSA) is 48.9 Å². The highest BCUT2D eigenvalue weighted by Crippen LogP contribution is 2.20. The summed E-state index contributed by atoms with van der Waals surface area (Å²) in [4.78, 5) is 24.2. The number of aromatic nitrogens is 1. The lowest BCUT2D eigenvalue weighted by molar-refractivity contribution is -0.127. The van der Waals surface area contributed by atoms with Gasteiger partial charge in [0, 0.05) is 58.1 Å². The van der Waals surface area contributed by atoms with Crippen molar-refractivity contribution in [3.05, 3.63) is 60.3 Å². The highest BCUT2D eigenvalue weighted by molar-refractivity contribution is 5.91. The molecule has 6 heteroatoms. The molecule has 1 aromatic carbocycles. The van der Waals surface area contributed by atoms with Crippen molar-refractivity contribution in [1.82, 2.24) is 14.8 Å². The first-order chi connectivity index (χ1) is 15.7.